The average Bonchev–Trinajstić information content (AvgIpc) is 2.86. The van der Waals surface area contributed by atoms with Crippen LogP contribution in [0.25, 0.3) is 0 Å². The van der Waals surface area contributed by atoms with Crippen molar-refractivity contribution in [3.8, 4) is 11.5 Å². The predicted molar refractivity (Wildman–Crippen MR) is 123 cm³/mol. The first-order valence-electron chi connectivity index (χ1n) is 10.1. The van der Waals surface area contributed by atoms with Crippen molar-refractivity contribution in [2.75, 3.05) is 26.1 Å². The minimum absolute atomic E-state index is 0.224. The van der Waals surface area contributed by atoms with Gasteiger partial charge >= 0.3 is 5.97 Å². The summed E-state index contributed by atoms with van der Waals surface area (Å²) in [6.07, 6.45) is 0. The SMILES string of the molecule is CNC(=O)c1ccc(NC(=O)COC(=O)c2ccc(OCc3ccccc3)c(OC)c2)cc1. The number of methoxy groups -OCH3 is 1. The summed E-state index contributed by atoms with van der Waals surface area (Å²) in [6.45, 7) is -0.115. The molecule has 8 nitrogen and oxygen atoms in total. The van der Waals surface area contributed by atoms with Gasteiger partial charge in [0.15, 0.2) is 18.1 Å². The Morgan fingerprint density at radius 3 is 2.21 bits per heavy atom. The largest absolute Gasteiger partial charge is 0.493 e. The normalized spacial score (nSPS) is 10.1. The molecule has 8 heteroatoms. The van der Waals surface area contributed by atoms with Gasteiger partial charge in [-0.1, -0.05) is 30.3 Å². The molecular formula is C25H24N2O6. The number of hydrogen-bond acceptors (Lipinski definition) is 6. The van der Waals surface area contributed by atoms with Crippen LogP contribution in [-0.4, -0.2) is 38.5 Å². The molecule has 0 aliphatic rings. The first-order chi connectivity index (χ1) is 16.0. The van der Waals surface area contributed by atoms with Crippen molar-refractivity contribution in [1.29, 1.82) is 0 Å². The van der Waals surface area contributed by atoms with E-state index in [9.17, 15) is 14.4 Å². The quantitative estimate of drug-likeness (QED) is 0.486. The van der Waals surface area contributed by atoms with Crippen molar-refractivity contribution in [3.63, 3.8) is 0 Å². The molecule has 0 aliphatic carbocycles. The molecule has 170 valence electrons. The van der Waals surface area contributed by atoms with Gasteiger partial charge in [-0.2, -0.15) is 0 Å². The van der Waals surface area contributed by atoms with Gasteiger partial charge in [-0.25, -0.2) is 4.79 Å². The summed E-state index contributed by atoms with van der Waals surface area (Å²) < 4.78 is 16.2. The molecular weight excluding hydrogens is 424 g/mol. The van der Waals surface area contributed by atoms with Gasteiger partial charge in [-0.05, 0) is 48.0 Å². The number of anilines is 1. The van der Waals surface area contributed by atoms with Gasteiger partial charge in [0.05, 0.1) is 12.7 Å². The van der Waals surface area contributed by atoms with E-state index < -0.39 is 18.5 Å². The zero-order chi connectivity index (χ0) is 23.6. The fourth-order valence-electron chi connectivity index (χ4n) is 2.91. The Hall–Kier alpha value is -4.33. The Kier molecular flexibility index (Phi) is 8.02. The molecule has 2 amide bonds. The molecule has 0 radical (unpaired) electrons. The van der Waals surface area contributed by atoms with E-state index in [-0.39, 0.29) is 11.5 Å². The monoisotopic (exact) mass is 448 g/mol. The third-order valence-corrected chi connectivity index (χ3v) is 4.63. The third kappa shape index (κ3) is 6.57. The average molecular weight is 448 g/mol. The van der Waals surface area contributed by atoms with Crippen molar-refractivity contribution in [1.82, 2.24) is 5.32 Å². The highest BCUT2D eigenvalue weighted by molar-refractivity contribution is 5.97. The fraction of sp³-hybridized carbons (Fsp3) is 0.160. The maximum absolute atomic E-state index is 12.4. The van der Waals surface area contributed by atoms with E-state index in [1.54, 1.807) is 36.4 Å². The van der Waals surface area contributed by atoms with Crippen LogP contribution in [0.15, 0.2) is 72.8 Å². The number of esters is 1. The molecule has 0 atom stereocenters. The van der Waals surface area contributed by atoms with Crippen molar-refractivity contribution in [2.45, 2.75) is 6.61 Å². The number of carbonyl (C=O) groups excluding carboxylic acids is 3. The molecule has 33 heavy (non-hydrogen) atoms. The summed E-state index contributed by atoms with van der Waals surface area (Å²) in [4.78, 5) is 36.0. The van der Waals surface area contributed by atoms with Crippen LogP contribution in [0.3, 0.4) is 0 Å². The zero-order valence-electron chi connectivity index (χ0n) is 18.3. The summed E-state index contributed by atoms with van der Waals surface area (Å²) >= 11 is 0. The Labute approximate surface area is 191 Å². The number of rotatable bonds is 9. The second-order valence-corrected chi connectivity index (χ2v) is 6.92. The van der Waals surface area contributed by atoms with Crippen LogP contribution in [0, 0.1) is 0 Å². The summed E-state index contributed by atoms with van der Waals surface area (Å²) in [6, 6.07) is 20.6. The molecule has 0 aliphatic heterocycles. The first-order valence-corrected chi connectivity index (χ1v) is 10.1. The highest BCUT2D eigenvalue weighted by Crippen LogP contribution is 2.29. The molecule has 2 N–H and O–H groups in total. The van der Waals surface area contributed by atoms with E-state index >= 15 is 0 Å². The molecule has 0 unspecified atom stereocenters. The molecule has 3 rings (SSSR count). The van der Waals surface area contributed by atoms with E-state index in [0.29, 0.717) is 29.4 Å². The van der Waals surface area contributed by atoms with Crippen LogP contribution in [0.4, 0.5) is 5.69 Å². The predicted octanol–water partition coefficient (Wildman–Crippen LogP) is 3.43. The molecule has 3 aromatic rings. The minimum atomic E-state index is -0.673. The van der Waals surface area contributed by atoms with Crippen molar-refractivity contribution in [3.05, 3.63) is 89.5 Å². The van der Waals surface area contributed by atoms with Gasteiger partial charge in [-0.3, -0.25) is 9.59 Å². The summed E-state index contributed by atoms with van der Waals surface area (Å²) in [5.74, 6) is -0.551. The van der Waals surface area contributed by atoms with E-state index in [1.165, 1.54) is 20.2 Å². The zero-order valence-corrected chi connectivity index (χ0v) is 18.3. The topological polar surface area (TPSA) is 103 Å². The number of benzene rings is 3. The minimum Gasteiger partial charge on any atom is -0.493 e. The number of ether oxygens (including phenoxy) is 3. The van der Waals surface area contributed by atoms with Crippen molar-refractivity contribution >= 4 is 23.5 Å². The molecule has 0 saturated carbocycles. The van der Waals surface area contributed by atoms with E-state index in [0.717, 1.165) is 5.56 Å². The fourth-order valence-corrected chi connectivity index (χ4v) is 2.91. The lowest BCUT2D eigenvalue weighted by atomic mass is 10.2. The number of nitrogens with one attached hydrogen (secondary N) is 2. The molecule has 0 bridgehead atoms. The molecule has 3 aromatic carbocycles. The second-order valence-electron chi connectivity index (χ2n) is 6.92. The maximum atomic E-state index is 12.4. The van der Waals surface area contributed by atoms with Crippen LogP contribution in [0.2, 0.25) is 0 Å². The van der Waals surface area contributed by atoms with Crippen LogP contribution >= 0.6 is 0 Å². The van der Waals surface area contributed by atoms with E-state index in [4.69, 9.17) is 14.2 Å². The highest BCUT2D eigenvalue weighted by Gasteiger charge is 2.14. The van der Waals surface area contributed by atoms with Crippen LogP contribution in [0.1, 0.15) is 26.3 Å². The van der Waals surface area contributed by atoms with Gasteiger partial charge in [0, 0.05) is 18.3 Å². The number of hydrogen-bond donors (Lipinski definition) is 2. The standard InChI is InChI=1S/C25H24N2O6/c1-26-24(29)18-8-11-20(12-9-18)27-23(28)16-33-25(30)19-10-13-21(22(14-19)31-2)32-15-17-6-4-3-5-7-17/h3-14H,15-16H2,1-2H3,(H,26,29)(H,27,28). The summed E-state index contributed by atoms with van der Waals surface area (Å²) in [5, 5.41) is 5.12. The molecule has 0 aromatic heterocycles. The maximum Gasteiger partial charge on any atom is 0.338 e. The molecule has 0 spiro atoms. The van der Waals surface area contributed by atoms with E-state index in [1.807, 2.05) is 30.3 Å². The number of carbonyl (C=O) groups is 3. The van der Waals surface area contributed by atoms with Crippen LogP contribution < -0.4 is 20.1 Å². The second kappa shape index (κ2) is 11.3. The van der Waals surface area contributed by atoms with Crippen LogP contribution in [0.5, 0.6) is 11.5 Å². The Morgan fingerprint density at radius 2 is 1.55 bits per heavy atom. The number of amides is 2. The smallest absolute Gasteiger partial charge is 0.338 e. The third-order valence-electron chi connectivity index (χ3n) is 4.63. The summed E-state index contributed by atoms with van der Waals surface area (Å²) in [5.41, 5.74) is 2.16. The lowest BCUT2D eigenvalue weighted by Gasteiger charge is -2.12. The van der Waals surface area contributed by atoms with E-state index in [2.05, 4.69) is 10.6 Å². The van der Waals surface area contributed by atoms with Gasteiger partial charge < -0.3 is 24.8 Å². The lowest BCUT2D eigenvalue weighted by molar-refractivity contribution is -0.119. The van der Waals surface area contributed by atoms with Crippen molar-refractivity contribution < 1.29 is 28.6 Å². The summed E-state index contributed by atoms with van der Waals surface area (Å²) in [7, 11) is 3.01. The first kappa shape index (κ1) is 23.3. The molecule has 0 heterocycles. The lowest BCUT2D eigenvalue weighted by Crippen LogP contribution is -2.21. The Morgan fingerprint density at radius 1 is 0.848 bits per heavy atom. The van der Waals surface area contributed by atoms with Crippen LogP contribution in [-0.2, 0) is 16.1 Å². The highest BCUT2D eigenvalue weighted by atomic mass is 16.5. The van der Waals surface area contributed by atoms with Gasteiger partial charge in [0.1, 0.15) is 6.61 Å². The Balaban J connectivity index is 1.54. The van der Waals surface area contributed by atoms with Gasteiger partial charge in [0.25, 0.3) is 11.8 Å². The molecule has 0 fully saturated rings. The molecule has 0 saturated heterocycles. The van der Waals surface area contributed by atoms with Gasteiger partial charge in [0.2, 0.25) is 0 Å². The van der Waals surface area contributed by atoms with Gasteiger partial charge in [-0.15, -0.1) is 0 Å². The van der Waals surface area contributed by atoms with Crippen molar-refractivity contribution in [2.24, 2.45) is 0 Å². The Bertz CT molecular complexity index is 1110.